The lowest BCUT2D eigenvalue weighted by Crippen LogP contribution is -2.16. The zero-order valence-corrected chi connectivity index (χ0v) is 17.9. The van der Waals surface area contributed by atoms with Gasteiger partial charge in [0.1, 0.15) is 10.6 Å². The third-order valence-electron chi connectivity index (χ3n) is 5.39. The van der Waals surface area contributed by atoms with Crippen LogP contribution in [-0.2, 0) is 28.8 Å². The second-order valence-electron chi connectivity index (χ2n) is 7.48. The van der Waals surface area contributed by atoms with E-state index in [2.05, 4.69) is 23.5 Å². The Bertz CT molecular complexity index is 1060. The van der Waals surface area contributed by atoms with Gasteiger partial charge in [0.15, 0.2) is 0 Å². The van der Waals surface area contributed by atoms with E-state index in [0.29, 0.717) is 10.6 Å². The van der Waals surface area contributed by atoms with E-state index in [4.69, 9.17) is 4.74 Å². The van der Waals surface area contributed by atoms with Crippen molar-refractivity contribution in [3.8, 4) is 11.1 Å². The summed E-state index contributed by atoms with van der Waals surface area (Å²) in [5, 5.41) is 5.41. The smallest absolute Gasteiger partial charge is 0.341 e. The lowest BCUT2D eigenvalue weighted by atomic mass is 9.89. The molecule has 0 aliphatic heterocycles. The average Bonchev–Trinajstić information content (AvgIpc) is 3.17. The summed E-state index contributed by atoms with van der Waals surface area (Å²) in [5.41, 5.74) is 5.95. The number of ether oxygens (including phenoxy) is 1. The fourth-order valence-electron chi connectivity index (χ4n) is 3.92. The van der Waals surface area contributed by atoms with Gasteiger partial charge in [-0.25, -0.2) is 4.79 Å². The van der Waals surface area contributed by atoms with Crippen LogP contribution in [0.4, 0.5) is 5.00 Å². The van der Waals surface area contributed by atoms with E-state index in [1.807, 2.05) is 35.7 Å². The van der Waals surface area contributed by atoms with Crippen molar-refractivity contribution < 1.29 is 14.3 Å². The molecule has 1 amide bonds. The van der Waals surface area contributed by atoms with Gasteiger partial charge in [-0.1, -0.05) is 48.5 Å². The van der Waals surface area contributed by atoms with E-state index in [-0.39, 0.29) is 18.9 Å². The molecule has 0 saturated carbocycles. The Hall–Kier alpha value is -2.92. The normalized spacial score (nSPS) is 12.8. The molecule has 1 heterocycles. The summed E-state index contributed by atoms with van der Waals surface area (Å²) in [6.45, 7) is 2.08. The summed E-state index contributed by atoms with van der Waals surface area (Å²) in [4.78, 5) is 25.4. The van der Waals surface area contributed by atoms with Crippen LogP contribution in [0.3, 0.4) is 0 Å². The third kappa shape index (κ3) is 4.46. The van der Waals surface area contributed by atoms with Crippen molar-refractivity contribution in [2.75, 3.05) is 11.9 Å². The monoisotopic (exact) mass is 419 g/mol. The number of fused-ring (bicyclic) bond motifs is 1. The minimum absolute atomic E-state index is 0.148. The van der Waals surface area contributed by atoms with Crippen LogP contribution in [0.5, 0.6) is 0 Å². The number of esters is 1. The van der Waals surface area contributed by atoms with Gasteiger partial charge in [0.2, 0.25) is 5.91 Å². The molecule has 30 heavy (non-hydrogen) atoms. The summed E-state index contributed by atoms with van der Waals surface area (Å²) < 4.78 is 5.32. The van der Waals surface area contributed by atoms with Crippen LogP contribution in [0, 0.1) is 0 Å². The molecule has 0 saturated heterocycles. The van der Waals surface area contributed by atoms with Gasteiger partial charge in [-0.2, -0.15) is 0 Å². The standard InChI is InChI=1S/C25H25NO3S/c1-2-29-25(28)23-21(20-13-12-18-10-6-7-11-19(18)15-20)16-30-24(23)26-22(27)14-17-8-4-3-5-9-17/h3-5,8-9,12-13,15-16H,2,6-7,10-11,14H2,1H3,(H,26,27). The van der Waals surface area contributed by atoms with Gasteiger partial charge in [-0.15, -0.1) is 11.3 Å². The van der Waals surface area contributed by atoms with E-state index in [9.17, 15) is 9.59 Å². The maximum absolute atomic E-state index is 12.8. The van der Waals surface area contributed by atoms with Crippen LogP contribution in [0.1, 0.15) is 46.8 Å². The Morgan fingerprint density at radius 2 is 1.80 bits per heavy atom. The molecule has 0 bridgehead atoms. The number of carbonyl (C=O) groups is 2. The molecule has 2 aromatic carbocycles. The Kier molecular flexibility index (Phi) is 6.29. The Balaban J connectivity index is 1.64. The number of nitrogens with one attached hydrogen (secondary N) is 1. The summed E-state index contributed by atoms with van der Waals surface area (Å²) >= 11 is 1.37. The highest BCUT2D eigenvalue weighted by Gasteiger charge is 2.23. The van der Waals surface area contributed by atoms with E-state index < -0.39 is 5.97 Å². The van der Waals surface area contributed by atoms with E-state index >= 15 is 0 Å². The van der Waals surface area contributed by atoms with E-state index in [1.54, 1.807) is 6.92 Å². The molecule has 0 radical (unpaired) electrons. The summed E-state index contributed by atoms with van der Waals surface area (Å²) in [5.74, 6) is -0.549. The SMILES string of the molecule is CCOC(=O)c1c(-c2ccc3c(c2)CCCC3)csc1NC(=O)Cc1ccccc1. The van der Waals surface area contributed by atoms with Crippen LogP contribution in [-0.4, -0.2) is 18.5 Å². The van der Waals surface area contributed by atoms with Crippen molar-refractivity contribution in [2.24, 2.45) is 0 Å². The van der Waals surface area contributed by atoms with Gasteiger partial charge in [-0.05, 0) is 54.9 Å². The Morgan fingerprint density at radius 3 is 2.57 bits per heavy atom. The predicted octanol–water partition coefficient (Wildman–Crippen LogP) is 5.65. The molecule has 0 spiro atoms. The van der Waals surface area contributed by atoms with Gasteiger partial charge in [0, 0.05) is 10.9 Å². The average molecular weight is 420 g/mol. The molecule has 1 aliphatic rings. The molecular weight excluding hydrogens is 394 g/mol. The van der Waals surface area contributed by atoms with E-state index in [1.165, 1.54) is 35.3 Å². The molecule has 1 N–H and O–H groups in total. The number of benzene rings is 2. The maximum Gasteiger partial charge on any atom is 0.341 e. The summed E-state index contributed by atoms with van der Waals surface area (Å²) in [7, 11) is 0. The molecule has 154 valence electrons. The highest BCUT2D eigenvalue weighted by atomic mass is 32.1. The quantitative estimate of drug-likeness (QED) is 0.525. The first kappa shape index (κ1) is 20.4. The van der Waals surface area contributed by atoms with Gasteiger partial charge >= 0.3 is 5.97 Å². The first-order valence-corrected chi connectivity index (χ1v) is 11.3. The van der Waals surface area contributed by atoms with Crippen molar-refractivity contribution >= 4 is 28.2 Å². The number of carbonyl (C=O) groups excluding carboxylic acids is 2. The van der Waals surface area contributed by atoms with Crippen molar-refractivity contribution in [3.05, 3.63) is 76.2 Å². The van der Waals surface area contributed by atoms with Crippen molar-refractivity contribution in [1.29, 1.82) is 0 Å². The van der Waals surface area contributed by atoms with Gasteiger partial charge in [0.05, 0.1) is 13.0 Å². The highest BCUT2D eigenvalue weighted by molar-refractivity contribution is 7.15. The minimum Gasteiger partial charge on any atom is -0.462 e. The topological polar surface area (TPSA) is 55.4 Å². The Morgan fingerprint density at radius 1 is 1.03 bits per heavy atom. The molecule has 3 aromatic rings. The number of rotatable bonds is 6. The van der Waals surface area contributed by atoms with Crippen LogP contribution in [0.15, 0.2) is 53.9 Å². The largest absolute Gasteiger partial charge is 0.462 e. The Labute approximate surface area is 180 Å². The fourth-order valence-corrected chi connectivity index (χ4v) is 4.89. The van der Waals surface area contributed by atoms with Crippen LogP contribution in [0.25, 0.3) is 11.1 Å². The molecule has 5 heteroatoms. The molecular formula is C25H25NO3S. The second-order valence-corrected chi connectivity index (χ2v) is 8.35. The third-order valence-corrected chi connectivity index (χ3v) is 6.29. The summed E-state index contributed by atoms with van der Waals surface area (Å²) in [6.07, 6.45) is 4.88. The van der Waals surface area contributed by atoms with Gasteiger partial charge < -0.3 is 10.1 Å². The fraction of sp³-hybridized carbons (Fsp3) is 0.280. The molecule has 1 aliphatic carbocycles. The molecule has 0 fully saturated rings. The lowest BCUT2D eigenvalue weighted by molar-refractivity contribution is -0.115. The predicted molar refractivity (Wildman–Crippen MR) is 121 cm³/mol. The zero-order chi connectivity index (χ0) is 20.9. The number of thiophene rings is 1. The van der Waals surface area contributed by atoms with Gasteiger partial charge in [-0.3, -0.25) is 4.79 Å². The number of amides is 1. The molecule has 4 rings (SSSR count). The van der Waals surface area contributed by atoms with Crippen molar-refractivity contribution in [3.63, 3.8) is 0 Å². The molecule has 1 aromatic heterocycles. The van der Waals surface area contributed by atoms with Crippen molar-refractivity contribution in [1.82, 2.24) is 0 Å². The number of aryl methyl sites for hydroxylation is 2. The number of anilines is 1. The second kappa shape index (κ2) is 9.26. The maximum atomic E-state index is 12.8. The van der Waals surface area contributed by atoms with E-state index in [0.717, 1.165) is 29.5 Å². The van der Waals surface area contributed by atoms with Crippen LogP contribution in [0.2, 0.25) is 0 Å². The minimum atomic E-state index is -0.401. The molecule has 0 atom stereocenters. The molecule has 4 nitrogen and oxygen atoms in total. The highest BCUT2D eigenvalue weighted by Crippen LogP contribution is 2.38. The van der Waals surface area contributed by atoms with Crippen LogP contribution >= 0.6 is 11.3 Å². The number of hydrogen-bond donors (Lipinski definition) is 1. The first-order chi connectivity index (χ1) is 14.7. The number of hydrogen-bond acceptors (Lipinski definition) is 4. The first-order valence-electron chi connectivity index (χ1n) is 10.4. The van der Waals surface area contributed by atoms with Gasteiger partial charge in [0.25, 0.3) is 0 Å². The molecule has 0 unspecified atom stereocenters. The zero-order valence-electron chi connectivity index (χ0n) is 17.1. The summed E-state index contributed by atoms with van der Waals surface area (Å²) in [6, 6.07) is 16.0. The lowest BCUT2D eigenvalue weighted by Gasteiger charge is -2.17. The van der Waals surface area contributed by atoms with Crippen molar-refractivity contribution in [2.45, 2.75) is 39.0 Å². The van der Waals surface area contributed by atoms with Crippen LogP contribution < -0.4 is 5.32 Å².